The van der Waals surface area contributed by atoms with Crippen molar-refractivity contribution in [3.63, 3.8) is 0 Å². The van der Waals surface area contributed by atoms with Crippen LogP contribution in [0.3, 0.4) is 0 Å². The smallest absolute Gasteiger partial charge is 0.328 e. The Hall–Kier alpha value is -1.91. The second-order valence-corrected chi connectivity index (χ2v) is 4.82. The summed E-state index contributed by atoms with van der Waals surface area (Å²) in [5.41, 5.74) is 0.416. The van der Waals surface area contributed by atoms with Crippen molar-refractivity contribution >= 4 is 11.9 Å². The first-order valence-electron chi connectivity index (χ1n) is 6.33. The molecule has 1 aromatic heterocycles. The van der Waals surface area contributed by atoms with E-state index < -0.39 is 12.0 Å². The van der Waals surface area contributed by atoms with Gasteiger partial charge in [-0.15, -0.1) is 0 Å². The average Bonchev–Trinajstić information content (AvgIpc) is 2.39. The van der Waals surface area contributed by atoms with Crippen molar-refractivity contribution in [2.75, 3.05) is 0 Å². The lowest BCUT2D eigenvalue weighted by Gasteiger charge is -2.20. The molecular weight excluding hydrogens is 244 g/mol. The summed E-state index contributed by atoms with van der Waals surface area (Å²) in [6.07, 6.45) is 2.85. The number of nitrogens with one attached hydrogen (secondary N) is 1. The van der Waals surface area contributed by atoms with Crippen LogP contribution in [-0.2, 0) is 9.53 Å². The Balaban J connectivity index is 2.53. The number of ether oxygens (including phenoxy) is 1. The van der Waals surface area contributed by atoms with Gasteiger partial charge in [0.2, 0.25) is 0 Å². The number of hydrogen-bond donors (Lipinski definition) is 1. The summed E-state index contributed by atoms with van der Waals surface area (Å²) in [7, 11) is 0. The number of esters is 1. The predicted molar refractivity (Wildman–Crippen MR) is 71.6 cm³/mol. The van der Waals surface area contributed by atoms with Gasteiger partial charge in [-0.1, -0.05) is 13.8 Å². The van der Waals surface area contributed by atoms with E-state index in [0.717, 1.165) is 0 Å². The van der Waals surface area contributed by atoms with E-state index >= 15 is 0 Å². The van der Waals surface area contributed by atoms with Gasteiger partial charge in [0.25, 0.3) is 5.91 Å². The molecule has 0 saturated carbocycles. The highest BCUT2D eigenvalue weighted by Crippen LogP contribution is 2.07. The molecule has 0 bridgehead atoms. The van der Waals surface area contributed by atoms with Gasteiger partial charge >= 0.3 is 5.97 Å². The molecule has 0 spiro atoms. The minimum Gasteiger partial charge on any atom is -0.461 e. The molecule has 0 aliphatic rings. The standard InChI is InChI=1S/C14H20N2O3/c1-9(2)11(4)19-14(18)10(3)16-13(17)12-6-5-7-15-8-12/h5-11H,1-4H3,(H,16,17). The van der Waals surface area contributed by atoms with Crippen molar-refractivity contribution in [2.24, 2.45) is 5.92 Å². The molecule has 0 saturated heterocycles. The molecule has 0 radical (unpaired) electrons. The molecule has 2 atom stereocenters. The van der Waals surface area contributed by atoms with Crippen molar-refractivity contribution in [3.05, 3.63) is 30.1 Å². The number of rotatable bonds is 5. The predicted octanol–water partition coefficient (Wildman–Crippen LogP) is 1.79. The third kappa shape index (κ3) is 4.69. The van der Waals surface area contributed by atoms with Gasteiger partial charge in [-0.25, -0.2) is 4.79 Å². The zero-order valence-electron chi connectivity index (χ0n) is 11.7. The number of amides is 1. The SMILES string of the molecule is CC(NC(=O)c1cccnc1)C(=O)OC(C)C(C)C. The topological polar surface area (TPSA) is 68.3 Å². The Morgan fingerprint density at radius 2 is 1.95 bits per heavy atom. The number of pyridine rings is 1. The molecule has 1 heterocycles. The maximum absolute atomic E-state index is 11.8. The molecule has 0 aliphatic heterocycles. The van der Waals surface area contributed by atoms with Crippen molar-refractivity contribution in [1.29, 1.82) is 0 Å². The lowest BCUT2D eigenvalue weighted by atomic mass is 10.1. The number of nitrogens with zero attached hydrogens (tertiary/aromatic N) is 1. The molecule has 5 nitrogen and oxygen atoms in total. The van der Waals surface area contributed by atoms with E-state index in [1.54, 1.807) is 25.3 Å². The Morgan fingerprint density at radius 3 is 2.47 bits per heavy atom. The van der Waals surface area contributed by atoms with Gasteiger partial charge in [0.1, 0.15) is 12.1 Å². The zero-order chi connectivity index (χ0) is 14.4. The molecule has 104 valence electrons. The van der Waals surface area contributed by atoms with Crippen LogP contribution in [0, 0.1) is 5.92 Å². The van der Waals surface area contributed by atoms with Gasteiger partial charge in [-0.05, 0) is 31.9 Å². The highest BCUT2D eigenvalue weighted by molar-refractivity contribution is 5.96. The molecule has 19 heavy (non-hydrogen) atoms. The molecule has 0 aromatic carbocycles. The quantitative estimate of drug-likeness (QED) is 0.823. The summed E-state index contributed by atoms with van der Waals surface area (Å²) < 4.78 is 5.24. The number of carbonyl (C=O) groups is 2. The Bertz CT molecular complexity index is 432. The fraction of sp³-hybridized carbons (Fsp3) is 0.500. The summed E-state index contributed by atoms with van der Waals surface area (Å²) >= 11 is 0. The summed E-state index contributed by atoms with van der Waals surface area (Å²) in [4.78, 5) is 27.4. The van der Waals surface area contributed by atoms with E-state index in [1.165, 1.54) is 6.20 Å². The molecule has 2 unspecified atom stereocenters. The van der Waals surface area contributed by atoms with E-state index in [-0.39, 0.29) is 17.9 Å². The molecule has 1 rings (SSSR count). The number of carbonyl (C=O) groups excluding carboxylic acids is 2. The molecule has 1 aromatic rings. The largest absolute Gasteiger partial charge is 0.461 e. The lowest BCUT2D eigenvalue weighted by molar-refractivity contribution is -0.152. The second-order valence-electron chi connectivity index (χ2n) is 4.82. The van der Waals surface area contributed by atoms with Crippen LogP contribution in [0.15, 0.2) is 24.5 Å². The van der Waals surface area contributed by atoms with Crippen LogP contribution in [0.25, 0.3) is 0 Å². The number of hydrogen-bond acceptors (Lipinski definition) is 4. The van der Waals surface area contributed by atoms with Crippen LogP contribution in [-0.4, -0.2) is 29.0 Å². The molecule has 1 N–H and O–H groups in total. The maximum atomic E-state index is 11.8. The van der Waals surface area contributed by atoms with Crippen LogP contribution in [0.2, 0.25) is 0 Å². The zero-order valence-corrected chi connectivity index (χ0v) is 11.7. The van der Waals surface area contributed by atoms with Crippen molar-refractivity contribution in [3.8, 4) is 0 Å². The minimum atomic E-state index is -0.686. The monoisotopic (exact) mass is 264 g/mol. The van der Waals surface area contributed by atoms with Crippen LogP contribution in [0.4, 0.5) is 0 Å². The molecule has 0 fully saturated rings. The van der Waals surface area contributed by atoms with E-state index in [2.05, 4.69) is 10.3 Å². The van der Waals surface area contributed by atoms with Crippen LogP contribution in [0.1, 0.15) is 38.1 Å². The van der Waals surface area contributed by atoms with Gasteiger partial charge < -0.3 is 10.1 Å². The Kier molecular flexibility index (Phi) is 5.48. The minimum absolute atomic E-state index is 0.176. The Morgan fingerprint density at radius 1 is 1.26 bits per heavy atom. The van der Waals surface area contributed by atoms with E-state index in [1.807, 2.05) is 20.8 Å². The molecule has 0 aliphatic carbocycles. The maximum Gasteiger partial charge on any atom is 0.328 e. The van der Waals surface area contributed by atoms with Crippen molar-refractivity contribution in [2.45, 2.75) is 39.8 Å². The highest BCUT2D eigenvalue weighted by atomic mass is 16.5. The fourth-order valence-corrected chi connectivity index (χ4v) is 1.26. The Labute approximate surface area is 113 Å². The van der Waals surface area contributed by atoms with Gasteiger partial charge in [0, 0.05) is 12.4 Å². The van der Waals surface area contributed by atoms with Gasteiger partial charge in [0.05, 0.1) is 5.56 Å². The van der Waals surface area contributed by atoms with Gasteiger partial charge in [-0.3, -0.25) is 9.78 Å². The van der Waals surface area contributed by atoms with E-state index in [9.17, 15) is 9.59 Å². The summed E-state index contributed by atoms with van der Waals surface area (Å²) in [6.45, 7) is 7.37. The van der Waals surface area contributed by atoms with Gasteiger partial charge in [-0.2, -0.15) is 0 Å². The van der Waals surface area contributed by atoms with E-state index in [0.29, 0.717) is 5.56 Å². The average molecular weight is 264 g/mol. The summed E-state index contributed by atoms with van der Waals surface area (Å²) in [5, 5.41) is 2.59. The van der Waals surface area contributed by atoms with Crippen LogP contribution >= 0.6 is 0 Å². The summed E-state index contributed by atoms with van der Waals surface area (Å²) in [5.74, 6) is -0.529. The molecular formula is C14H20N2O3. The third-order valence-corrected chi connectivity index (χ3v) is 2.87. The van der Waals surface area contributed by atoms with Crippen LogP contribution in [0.5, 0.6) is 0 Å². The second kappa shape index (κ2) is 6.87. The molecule has 1 amide bonds. The first kappa shape index (κ1) is 15.1. The first-order chi connectivity index (χ1) is 8.91. The van der Waals surface area contributed by atoms with Crippen molar-refractivity contribution < 1.29 is 14.3 Å². The van der Waals surface area contributed by atoms with Gasteiger partial charge in [0.15, 0.2) is 0 Å². The fourth-order valence-electron chi connectivity index (χ4n) is 1.26. The molecule has 5 heteroatoms. The van der Waals surface area contributed by atoms with Crippen LogP contribution < -0.4 is 5.32 Å². The highest BCUT2D eigenvalue weighted by Gasteiger charge is 2.21. The first-order valence-corrected chi connectivity index (χ1v) is 6.33. The third-order valence-electron chi connectivity index (χ3n) is 2.87. The lowest BCUT2D eigenvalue weighted by Crippen LogP contribution is -2.41. The van der Waals surface area contributed by atoms with E-state index in [4.69, 9.17) is 4.74 Å². The normalized spacial score (nSPS) is 13.7. The summed E-state index contributed by atoms with van der Waals surface area (Å²) in [6, 6.07) is 2.62. The van der Waals surface area contributed by atoms with Crippen molar-refractivity contribution in [1.82, 2.24) is 10.3 Å². The number of aromatic nitrogens is 1.